The summed E-state index contributed by atoms with van der Waals surface area (Å²) >= 11 is 0. The van der Waals surface area contributed by atoms with Crippen molar-refractivity contribution in [2.75, 3.05) is 13.2 Å². The van der Waals surface area contributed by atoms with Crippen molar-refractivity contribution in [1.82, 2.24) is 10.2 Å². The molecule has 6 heteroatoms. The first-order valence-electron chi connectivity index (χ1n) is 5.92. The van der Waals surface area contributed by atoms with Crippen molar-refractivity contribution in [3.05, 3.63) is 0 Å². The molecule has 4 amide bonds. The molecule has 1 saturated carbocycles. The van der Waals surface area contributed by atoms with E-state index in [1.165, 1.54) is 4.90 Å². The van der Waals surface area contributed by atoms with E-state index in [1.54, 1.807) is 0 Å². The quantitative estimate of drug-likeness (QED) is 0.654. The number of hydrogen-bond donors (Lipinski definition) is 1. The van der Waals surface area contributed by atoms with Gasteiger partial charge in [-0.1, -0.05) is 0 Å². The first-order chi connectivity index (χ1) is 8.15. The summed E-state index contributed by atoms with van der Waals surface area (Å²) < 4.78 is 5.21. The Morgan fingerprint density at radius 3 is 2.41 bits per heavy atom. The third kappa shape index (κ3) is 1.47. The second-order valence-corrected chi connectivity index (χ2v) is 4.86. The molecular weight excluding hydrogens is 224 g/mol. The van der Waals surface area contributed by atoms with Gasteiger partial charge in [0.05, 0.1) is 0 Å². The summed E-state index contributed by atoms with van der Waals surface area (Å²) in [6.45, 7) is 1.12. The van der Waals surface area contributed by atoms with E-state index < -0.39 is 17.4 Å². The number of carbonyl (C=O) groups excluding carboxylic acids is 3. The summed E-state index contributed by atoms with van der Waals surface area (Å²) in [6, 6.07) is -0.689. The summed E-state index contributed by atoms with van der Waals surface area (Å²) in [5.41, 5.74) is -0.924. The Bertz CT molecular complexity index is 396. The monoisotopic (exact) mass is 238 g/mol. The fourth-order valence-corrected chi connectivity index (χ4v) is 2.54. The first kappa shape index (κ1) is 10.7. The first-order valence-corrected chi connectivity index (χ1v) is 5.92. The zero-order chi connectivity index (χ0) is 12.0. The molecule has 3 rings (SSSR count). The van der Waals surface area contributed by atoms with Crippen molar-refractivity contribution < 1.29 is 19.1 Å². The van der Waals surface area contributed by atoms with Crippen LogP contribution in [0, 0.1) is 5.41 Å². The van der Waals surface area contributed by atoms with Gasteiger partial charge in [0.2, 0.25) is 11.8 Å². The third-order valence-electron chi connectivity index (χ3n) is 3.81. The predicted octanol–water partition coefficient (Wildman–Crippen LogP) is 0.0240. The number of rotatable bonds is 1. The maximum Gasteiger partial charge on any atom is 0.331 e. The number of hydrogen-bond acceptors (Lipinski definition) is 4. The maximum absolute atomic E-state index is 12.2. The molecule has 2 heterocycles. The van der Waals surface area contributed by atoms with Gasteiger partial charge in [0.25, 0.3) is 0 Å². The highest BCUT2D eigenvalue weighted by Gasteiger charge is 2.63. The van der Waals surface area contributed by atoms with Crippen molar-refractivity contribution in [3.63, 3.8) is 0 Å². The lowest BCUT2D eigenvalue weighted by Gasteiger charge is -2.37. The van der Waals surface area contributed by atoms with Gasteiger partial charge in [-0.05, 0) is 25.7 Å². The highest BCUT2D eigenvalue weighted by atomic mass is 16.5. The molecule has 3 fully saturated rings. The van der Waals surface area contributed by atoms with Gasteiger partial charge in [-0.15, -0.1) is 0 Å². The van der Waals surface area contributed by atoms with E-state index in [9.17, 15) is 14.4 Å². The van der Waals surface area contributed by atoms with Crippen LogP contribution in [-0.2, 0) is 14.3 Å². The molecule has 0 aromatic heterocycles. The number of barbiturate groups is 1. The van der Waals surface area contributed by atoms with Crippen LogP contribution < -0.4 is 5.32 Å². The lowest BCUT2D eigenvalue weighted by Crippen LogP contribution is -2.62. The van der Waals surface area contributed by atoms with Crippen LogP contribution in [0.2, 0.25) is 0 Å². The Morgan fingerprint density at radius 2 is 1.82 bits per heavy atom. The average Bonchev–Trinajstić information content (AvgIpc) is 3.10. The summed E-state index contributed by atoms with van der Waals surface area (Å²) in [4.78, 5) is 36.9. The lowest BCUT2D eigenvalue weighted by molar-refractivity contribution is -0.147. The van der Waals surface area contributed by atoms with Gasteiger partial charge in [0, 0.05) is 19.3 Å². The molecule has 0 unspecified atom stereocenters. The standard InChI is InChI=1S/C11H14N2O4/c14-8-11(3-4-11)9(15)13(10(16)12-8)7-1-5-17-6-2-7/h7H,1-6H2,(H,12,14,16). The largest absolute Gasteiger partial charge is 0.381 e. The van der Waals surface area contributed by atoms with Crippen LogP contribution in [0.5, 0.6) is 0 Å². The SMILES string of the molecule is O=C1NC(=O)C2(CC2)C(=O)N1C1CCOCC1. The molecule has 0 radical (unpaired) electrons. The number of urea groups is 1. The van der Waals surface area contributed by atoms with Gasteiger partial charge in [-0.25, -0.2) is 4.79 Å². The molecule has 3 aliphatic rings. The van der Waals surface area contributed by atoms with E-state index in [2.05, 4.69) is 5.32 Å². The number of carbonyl (C=O) groups is 3. The molecule has 1 N–H and O–H groups in total. The van der Waals surface area contributed by atoms with E-state index in [0.29, 0.717) is 38.9 Å². The van der Waals surface area contributed by atoms with Crippen LogP contribution >= 0.6 is 0 Å². The van der Waals surface area contributed by atoms with E-state index in [1.807, 2.05) is 0 Å². The highest BCUT2D eigenvalue weighted by molar-refractivity contribution is 6.21. The van der Waals surface area contributed by atoms with Crippen LogP contribution in [0.25, 0.3) is 0 Å². The normalized spacial score (nSPS) is 28.5. The predicted molar refractivity (Wildman–Crippen MR) is 55.9 cm³/mol. The van der Waals surface area contributed by atoms with Crippen molar-refractivity contribution in [1.29, 1.82) is 0 Å². The molecule has 0 bridgehead atoms. The van der Waals surface area contributed by atoms with Gasteiger partial charge in [0.15, 0.2) is 0 Å². The summed E-state index contributed by atoms with van der Waals surface area (Å²) in [6.07, 6.45) is 2.43. The Labute approximate surface area is 98.3 Å². The Kier molecular flexibility index (Phi) is 2.22. The Balaban J connectivity index is 1.85. The van der Waals surface area contributed by atoms with Gasteiger partial charge in [-0.3, -0.25) is 19.8 Å². The molecule has 0 atom stereocenters. The second kappa shape index (κ2) is 3.53. The van der Waals surface area contributed by atoms with E-state index in [4.69, 9.17) is 4.74 Å². The number of ether oxygens (including phenoxy) is 1. The lowest BCUT2D eigenvalue weighted by atomic mass is 9.98. The number of amides is 4. The van der Waals surface area contributed by atoms with Crippen molar-refractivity contribution in [3.8, 4) is 0 Å². The molecule has 2 saturated heterocycles. The van der Waals surface area contributed by atoms with Crippen molar-refractivity contribution >= 4 is 17.8 Å². The molecule has 2 aliphatic heterocycles. The van der Waals surface area contributed by atoms with Gasteiger partial charge >= 0.3 is 6.03 Å². The Hall–Kier alpha value is -1.43. The summed E-state index contributed by atoms with van der Waals surface area (Å²) in [7, 11) is 0. The molecule has 0 aromatic rings. The van der Waals surface area contributed by atoms with Crippen LogP contribution in [0.15, 0.2) is 0 Å². The molecule has 17 heavy (non-hydrogen) atoms. The fourth-order valence-electron chi connectivity index (χ4n) is 2.54. The van der Waals surface area contributed by atoms with Crippen molar-refractivity contribution in [2.24, 2.45) is 5.41 Å². The molecule has 1 spiro atoms. The molecule has 6 nitrogen and oxygen atoms in total. The molecule has 0 aromatic carbocycles. The number of nitrogens with zero attached hydrogens (tertiary/aromatic N) is 1. The highest BCUT2D eigenvalue weighted by Crippen LogP contribution is 2.49. The third-order valence-corrected chi connectivity index (χ3v) is 3.81. The van der Waals surface area contributed by atoms with E-state index in [-0.39, 0.29) is 11.9 Å². The van der Waals surface area contributed by atoms with E-state index in [0.717, 1.165) is 0 Å². The van der Waals surface area contributed by atoms with E-state index >= 15 is 0 Å². The average molecular weight is 238 g/mol. The summed E-state index contributed by atoms with van der Waals surface area (Å²) in [5, 5.41) is 2.30. The van der Waals surface area contributed by atoms with Gasteiger partial charge in [-0.2, -0.15) is 0 Å². The minimum Gasteiger partial charge on any atom is -0.381 e. The van der Waals surface area contributed by atoms with Gasteiger partial charge in [0.1, 0.15) is 5.41 Å². The second-order valence-electron chi connectivity index (χ2n) is 4.86. The number of imide groups is 2. The molecule has 92 valence electrons. The van der Waals surface area contributed by atoms with Crippen LogP contribution in [0.1, 0.15) is 25.7 Å². The van der Waals surface area contributed by atoms with Crippen LogP contribution in [0.4, 0.5) is 4.79 Å². The van der Waals surface area contributed by atoms with Gasteiger partial charge < -0.3 is 4.74 Å². The van der Waals surface area contributed by atoms with Crippen molar-refractivity contribution in [2.45, 2.75) is 31.7 Å². The fraction of sp³-hybridized carbons (Fsp3) is 0.727. The van der Waals surface area contributed by atoms with Crippen LogP contribution in [-0.4, -0.2) is 42.0 Å². The van der Waals surface area contributed by atoms with Crippen LogP contribution in [0.3, 0.4) is 0 Å². The topological polar surface area (TPSA) is 75.7 Å². The molecule has 1 aliphatic carbocycles. The zero-order valence-corrected chi connectivity index (χ0v) is 9.40. The number of nitrogens with one attached hydrogen (secondary N) is 1. The summed E-state index contributed by atoms with van der Waals surface area (Å²) in [5.74, 6) is -0.728. The smallest absolute Gasteiger partial charge is 0.331 e. The minimum absolute atomic E-state index is 0.123. The zero-order valence-electron chi connectivity index (χ0n) is 9.40. The minimum atomic E-state index is -0.924. The molecular formula is C11H14N2O4. The Morgan fingerprint density at radius 1 is 1.18 bits per heavy atom. The maximum atomic E-state index is 12.2.